The molecule has 0 bridgehead atoms. The molecule has 0 heterocycles. The predicted molar refractivity (Wildman–Crippen MR) is 77.4 cm³/mol. The highest BCUT2D eigenvalue weighted by Crippen LogP contribution is 2.11. The van der Waals surface area contributed by atoms with Crippen molar-refractivity contribution in [2.45, 2.75) is 51.4 Å². The number of carbonyl (C=O) groups is 3. The molecule has 0 aromatic heterocycles. The van der Waals surface area contributed by atoms with E-state index in [1.165, 1.54) is 0 Å². The smallest absolute Gasteiger partial charge is 0.408 e. The van der Waals surface area contributed by atoms with Crippen LogP contribution in [0, 0.1) is 0 Å². The van der Waals surface area contributed by atoms with Crippen molar-refractivity contribution in [3.8, 4) is 0 Å². The maximum absolute atomic E-state index is 11.5. The Morgan fingerprint density at radius 1 is 1.09 bits per heavy atom. The van der Waals surface area contributed by atoms with Gasteiger partial charge in [-0.3, -0.25) is 4.18 Å². The number of aliphatic carboxylic acids is 2. The highest BCUT2D eigenvalue weighted by molar-refractivity contribution is 7.86. The molecule has 3 N–H and O–H groups in total. The zero-order chi connectivity index (χ0) is 18.4. The van der Waals surface area contributed by atoms with Crippen LogP contribution in [-0.4, -0.2) is 60.7 Å². The summed E-state index contributed by atoms with van der Waals surface area (Å²) in [6, 6.07) is -1.45. The molecule has 0 spiro atoms. The van der Waals surface area contributed by atoms with Gasteiger partial charge in [-0.25, -0.2) is 14.4 Å². The Bertz CT molecular complexity index is 549. The van der Waals surface area contributed by atoms with E-state index in [2.05, 4.69) is 9.50 Å². The van der Waals surface area contributed by atoms with Crippen molar-refractivity contribution in [1.82, 2.24) is 5.32 Å². The molecule has 0 fully saturated rings. The highest BCUT2D eigenvalue weighted by Gasteiger charge is 2.28. The second-order valence-electron chi connectivity index (χ2n) is 5.74. The zero-order valence-corrected chi connectivity index (χ0v) is 14.0. The van der Waals surface area contributed by atoms with Crippen LogP contribution >= 0.6 is 0 Å². The van der Waals surface area contributed by atoms with Gasteiger partial charge in [-0.2, -0.15) is 8.42 Å². The van der Waals surface area contributed by atoms with E-state index in [1.807, 2.05) is 0 Å². The fraction of sp³-hybridized carbons (Fsp3) is 0.750. The maximum atomic E-state index is 11.5. The lowest BCUT2D eigenvalue weighted by atomic mass is 10.1. The molecule has 1 amide bonds. The molecule has 23 heavy (non-hydrogen) atoms. The van der Waals surface area contributed by atoms with E-state index in [1.54, 1.807) is 20.8 Å². The van der Waals surface area contributed by atoms with Crippen LogP contribution in [-0.2, 0) is 28.6 Å². The van der Waals surface area contributed by atoms with Crippen molar-refractivity contribution in [3.05, 3.63) is 0 Å². The lowest BCUT2D eigenvalue weighted by molar-refractivity contribution is -0.146. The molecule has 0 aliphatic rings. The Hall–Kier alpha value is -1.88. The quantitative estimate of drug-likeness (QED) is 0.516. The minimum atomic E-state index is -4.02. The fourth-order valence-corrected chi connectivity index (χ4v) is 2.05. The molecule has 134 valence electrons. The number of amides is 1. The third-order valence-electron chi connectivity index (χ3n) is 2.27. The van der Waals surface area contributed by atoms with E-state index >= 15 is 0 Å². The molecular formula is C12H21NO9S. The fourth-order valence-electron chi connectivity index (χ4n) is 1.45. The van der Waals surface area contributed by atoms with Crippen molar-refractivity contribution in [2.75, 3.05) is 6.26 Å². The number of alkyl carbamates (subject to hydrolysis) is 1. The number of ether oxygens (including phenoxy) is 1. The summed E-state index contributed by atoms with van der Waals surface area (Å²) in [4.78, 5) is 33.6. The molecule has 0 aliphatic carbocycles. The van der Waals surface area contributed by atoms with Crippen LogP contribution in [0.15, 0.2) is 0 Å². The van der Waals surface area contributed by atoms with Crippen LogP contribution in [0.5, 0.6) is 0 Å². The van der Waals surface area contributed by atoms with E-state index < -0.39 is 52.3 Å². The molecule has 0 aromatic carbocycles. The molecule has 0 saturated carbocycles. The van der Waals surface area contributed by atoms with E-state index in [0.717, 1.165) is 0 Å². The average Bonchev–Trinajstić information content (AvgIpc) is 2.28. The summed E-state index contributed by atoms with van der Waals surface area (Å²) in [7, 11) is -4.02. The standard InChI is InChI=1S/C12H21NO9S/c1-12(2,3)21-11(18)13-7(9(14)15)5-6-8(10(16)17)22-23(4,19)20/h7-8H,5-6H2,1-4H3,(H,13,18)(H,14,15)(H,16,17)/t7-,8?/m0/s1. The average molecular weight is 355 g/mol. The summed E-state index contributed by atoms with van der Waals surface area (Å²) in [6.45, 7) is 4.76. The summed E-state index contributed by atoms with van der Waals surface area (Å²) in [5.41, 5.74) is -0.837. The number of nitrogens with one attached hydrogen (secondary N) is 1. The Morgan fingerprint density at radius 3 is 1.96 bits per heavy atom. The minimum absolute atomic E-state index is 0.360. The number of hydrogen-bond acceptors (Lipinski definition) is 7. The van der Waals surface area contributed by atoms with E-state index in [0.29, 0.717) is 6.26 Å². The van der Waals surface area contributed by atoms with Crippen LogP contribution in [0.1, 0.15) is 33.6 Å². The molecule has 0 rings (SSSR count). The molecule has 10 nitrogen and oxygen atoms in total. The van der Waals surface area contributed by atoms with Crippen molar-refractivity contribution in [1.29, 1.82) is 0 Å². The third-order valence-corrected chi connectivity index (χ3v) is 2.85. The van der Waals surface area contributed by atoms with Crippen molar-refractivity contribution >= 4 is 28.1 Å². The van der Waals surface area contributed by atoms with Crippen LogP contribution in [0.25, 0.3) is 0 Å². The van der Waals surface area contributed by atoms with Gasteiger partial charge in [0.2, 0.25) is 0 Å². The second kappa shape index (κ2) is 8.11. The van der Waals surface area contributed by atoms with Gasteiger partial charge in [-0.05, 0) is 33.6 Å². The first-order valence-electron chi connectivity index (χ1n) is 6.54. The number of carboxylic acid groups (broad SMARTS) is 2. The first-order valence-corrected chi connectivity index (χ1v) is 8.36. The largest absolute Gasteiger partial charge is 0.480 e. The summed E-state index contributed by atoms with van der Waals surface area (Å²) in [6.07, 6.45) is -2.85. The Kier molecular flexibility index (Phi) is 7.44. The number of hydrogen-bond donors (Lipinski definition) is 3. The molecular weight excluding hydrogens is 334 g/mol. The number of carboxylic acids is 2. The van der Waals surface area contributed by atoms with Gasteiger partial charge >= 0.3 is 18.0 Å². The van der Waals surface area contributed by atoms with Gasteiger partial charge in [0, 0.05) is 0 Å². The molecule has 0 aromatic rings. The van der Waals surface area contributed by atoms with Crippen LogP contribution in [0.3, 0.4) is 0 Å². The molecule has 11 heteroatoms. The minimum Gasteiger partial charge on any atom is -0.480 e. The Balaban J connectivity index is 4.78. The van der Waals surface area contributed by atoms with Crippen molar-refractivity contribution in [3.63, 3.8) is 0 Å². The van der Waals surface area contributed by atoms with E-state index in [4.69, 9.17) is 14.9 Å². The molecule has 1 unspecified atom stereocenters. The first-order chi connectivity index (χ1) is 10.2. The molecule has 0 saturated heterocycles. The van der Waals surface area contributed by atoms with E-state index in [9.17, 15) is 22.8 Å². The summed E-state index contributed by atoms with van der Waals surface area (Å²) >= 11 is 0. The topological polar surface area (TPSA) is 156 Å². The zero-order valence-electron chi connectivity index (χ0n) is 13.2. The number of rotatable bonds is 8. The van der Waals surface area contributed by atoms with Gasteiger partial charge in [-0.1, -0.05) is 0 Å². The highest BCUT2D eigenvalue weighted by atomic mass is 32.2. The molecule has 0 aliphatic heterocycles. The number of carbonyl (C=O) groups excluding carboxylic acids is 1. The van der Waals surface area contributed by atoms with Gasteiger partial charge in [0.15, 0.2) is 6.10 Å². The Labute approximate surface area is 133 Å². The predicted octanol–water partition coefficient (Wildman–Crippen LogP) is 0.174. The van der Waals surface area contributed by atoms with Crippen molar-refractivity contribution < 1.29 is 41.9 Å². The van der Waals surface area contributed by atoms with Gasteiger partial charge in [0.25, 0.3) is 10.1 Å². The summed E-state index contributed by atoms with van der Waals surface area (Å²) in [5.74, 6) is -2.98. The third kappa shape index (κ3) is 10.5. The van der Waals surface area contributed by atoms with Crippen LogP contribution in [0.2, 0.25) is 0 Å². The van der Waals surface area contributed by atoms with Crippen LogP contribution in [0.4, 0.5) is 4.79 Å². The Morgan fingerprint density at radius 2 is 1.61 bits per heavy atom. The molecule has 0 radical (unpaired) electrons. The van der Waals surface area contributed by atoms with Crippen LogP contribution < -0.4 is 5.32 Å². The monoisotopic (exact) mass is 355 g/mol. The summed E-state index contributed by atoms with van der Waals surface area (Å²) < 4.78 is 31.2. The van der Waals surface area contributed by atoms with Gasteiger partial charge < -0.3 is 20.3 Å². The van der Waals surface area contributed by atoms with E-state index in [-0.39, 0.29) is 6.42 Å². The van der Waals surface area contributed by atoms with Gasteiger partial charge in [0.05, 0.1) is 6.26 Å². The molecule has 2 atom stereocenters. The lowest BCUT2D eigenvalue weighted by Crippen LogP contribution is -2.44. The SMILES string of the molecule is CC(C)(C)OC(=O)N[C@@H](CCC(OS(C)(=O)=O)C(=O)O)C(=O)O. The first kappa shape index (κ1) is 21.1. The summed E-state index contributed by atoms with van der Waals surface area (Å²) in [5, 5.41) is 20.0. The normalized spacial score (nSPS) is 14.6. The lowest BCUT2D eigenvalue weighted by Gasteiger charge is -2.22. The van der Waals surface area contributed by atoms with Gasteiger partial charge in [-0.15, -0.1) is 0 Å². The van der Waals surface area contributed by atoms with Crippen molar-refractivity contribution in [2.24, 2.45) is 0 Å². The maximum Gasteiger partial charge on any atom is 0.408 e. The second-order valence-corrected chi connectivity index (χ2v) is 7.34. The van der Waals surface area contributed by atoms with Gasteiger partial charge in [0.1, 0.15) is 11.6 Å².